The summed E-state index contributed by atoms with van der Waals surface area (Å²) in [6.45, 7) is 3.57. The maximum absolute atomic E-state index is 11.7. The quantitative estimate of drug-likeness (QED) is 0.733. The number of carboxylic acids is 1. The zero-order valence-electron chi connectivity index (χ0n) is 9.83. The van der Waals surface area contributed by atoms with Crippen molar-refractivity contribution in [3.05, 3.63) is 12.7 Å². The summed E-state index contributed by atoms with van der Waals surface area (Å²) in [5.74, 6) is -1.72. The van der Waals surface area contributed by atoms with E-state index in [-0.39, 0.29) is 12.5 Å². The molecular formula is C10H16N4O3. The fourth-order valence-electron chi connectivity index (χ4n) is 1.32. The summed E-state index contributed by atoms with van der Waals surface area (Å²) < 4.78 is 1.41. The Kier molecular flexibility index (Phi) is 4.62. The van der Waals surface area contributed by atoms with Crippen molar-refractivity contribution in [3.8, 4) is 0 Å². The molecule has 1 heterocycles. The van der Waals surface area contributed by atoms with E-state index in [9.17, 15) is 9.59 Å². The molecule has 94 valence electrons. The minimum absolute atomic E-state index is 0.129. The monoisotopic (exact) mass is 240 g/mol. The van der Waals surface area contributed by atoms with Crippen LogP contribution in [0, 0.1) is 5.92 Å². The number of rotatable bonds is 6. The minimum atomic E-state index is -0.902. The van der Waals surface area contributed by atoms with Gasteiger partial charge in [-0.3, -0.25) is 9.59 Å². The second-order valence-corrected chi connectivity index (χ2v) is 3.74. The van der Waals surface area contributed by atoms with Gasteiger partial charge in [-0.25, -0.2) is 9.67 Å². The summed E-state index contributed by atoms with van der Waals surface area (Å²) >= 11 is 0. The van der Waals surface area contributed by atoms with Gasteiger partial charge in [-0.15, -0.1) is 0 Å². The predicted octanol–water partition coefficient (Wildman–Crippen LogP) is 0.0661. The molecule has 0 bridgehead atoms. The van der Waals surface area contributed by atoms with E-state index in [0.717, 1.165) is 0 Å². The standard InChI is InChI=1S/C10H16N4O3/c1-3-8(10(16)17)4-12-9(15)7(2)14-6-11-5-13-14/h5-8H,3-4H2,1-2H3,(H,12,15)(H,16,17). The molecule has 1 amide bonds. The Bertz CT molecular complexity index is 377. The van der Waals surface area contributed by atoms with E-state index >= 15 is 0 Å². The van der Waals surface area contributed by atoms with Crippen molar-refractivity contribution in [3.63, 3.8) is 0 Å². The lowest BCUT2D eigenvalue weighted by Gasteiger charge is -2.14. The fraction of sp³-hybridized carbons (Fsp3) is 0.600. The second-order valence-electron chi connectivity index (χ2n) is 3.74. The number of carboxylic acid groups (broad SMARTS) is 1. The van der Waals surface area contributed by atoms with Crippen LogP contribution in [0.1, 0.15) is 26.3 Å². The Morgan fingerprint density at radius 3 is 2.71 bits per heavy atom. The number of carbonyl (C=O) groups excluding carboxylic acids is 1. The number of carbonyl (C=O) groups is 2. The van der Waals surface area contributed by atoms with Crippen molar-refractivity contribution in [2.45, 2.75) is 26.3 Å². The average Bonchev–Trinajstić information content (AvgIpc) is 2.81. The smallest absolute Gasteiger partial charge is 0.308 e. The van der Waals surface area contributed by atoms with Gasteiger partial charge in [-0.1, -0.05) is 6.92 Å². The van der Waals surface area contributed by atoms with Crippen LogP contribution in [0.3, 0.4) is 0 Å². The summed E-state index contributed by atoms with van der Waals surface area (Å²) in [6.07, 6.45) is 3.27. The molecule has 2 atom stereocenters. The third kappa shape index (κ3) is 3.54. The normalized spacial score (nSPS) is 14.0. The maximum atomic E-state index is 11.7. The fourth-order valence-corrected chi connectivity index (χ4v) is 1.32. The zero-order chi connectivity index (χ0) is 12.8. The van der Waals surface area contributed by atoms with Gasteiger partial charge in [0.15, 0.2) is 0 Å². The lowest BCUT2D eigenvalue weighted by molar-refractivity contribution is -0.141. The van der Waals surface area contributed by atoms with Crippen molar-refractivity contribution < 1.29 is 14.7 Å². The number of amides is 1. The third-order valence-electron chi connectivity index (χ3n) is 2.58. The highest BCUT2D eigenvalue weighted by Gasteiger charge is 2.19. The van der Waals surface area contributed by atoms with Crippen LogP contribution >= 0.6 is 0 Å². The maximum Gasteiger partial charge on any atom is 0.308 e. The molecule has 0 aliphatic rings. The van der Waals surface area contributed by atoms with Crippen LogP contribution in [0.4, 0.5) is 0 Å². The number of hydrogen-bond acceptors (Lipinski definition) is 4. The van der Waals surface area contributed by atoms with E-state index in [4.69, 9.17) is 5.11 Å². The molecule has 0 saturated carbocycles. The predicted molar refractivity (Wildman–Crippen MR) is 59.2 cm³/mol. The molecule has 1 rings (SSSR count). The van der Waals surface area contributed by atoms with Gasteiger partial charge in [0, 0.05) is 6.54 Å². The van der Waals surface area contributed by atoms with Crippen LogP contribution < -0.4 is 5.32 Å². The molecule has 2 unspecified atom stereocenters. The molecule has 0 aliphatic heterocycles. The molecule has 1 aromatic heterocycles. The molecule has 17 heavy (non-hydrogen) atoms. The Balaban J connectivity index is 2.47. The highest BCUT2D eigenvalue weighted by molar-refractivity contribution is 5.80. The summed E-state index contributed by atoms with van der Waals surface area (Å²) in [5.41, 5.74) is 0. The number of nitrogens with zero attached hydrogens (tertiary/aromatic N) is 3. The molecule has 2 N–H and O–H groups in total. The van der Waals surface area contributed by atoms with Gasteiger partial charge in [0.2, 0.25) is 5.91 Å². The summed E-state index contributed by atoms with van der Waals surface area (Å²) in [7, 11) is 0. The van der Waals surface area contributed by atoms with Crippen LogP contribution in [0.5, 0.6) is 0 Å². The highest BCUT2D eigenvalue weighted by Crippen LogP contribution is 2.04. The Morgan fingerprint density at radius 1 is 1.53 bits per heavy atom. The van der Waals surface area contributed by atoms with Crippen LogP contribution in [0.2, 0.25) is 0 Å². The topological polar surface area (TPSA) is 97.1 Å². The van der Waals surface area contributed by atoms with Crippen molar-refractivity contribution in [1.29, 1.82) is 0 Å². The number of hydrogen-bond donors (Lipinski definition) is 2. The first kappa shape index (κ1) is 13.1. The number of nitrogens with one attached hydrogen (secondary N) is 1. The SMILES string of the molecule is CCC(CNC(=O)C(C)n1cncn1)C(=O)O. The first-order valence-electron chi connectivity index (χ1n) is 5.40. The second kappa shape index (κ2) is 5.97. The van der Waals surface area contributed by atoms with Gasteiger partial charge >= 0.3 is 5.97 Å². The molecule has 0 aliphatic carbocycles. The van der Waals surface area contributed by atoms with Gasteiger partial charge in [0.1, 0.15) is 18.7 Å². The molecule has 1 aromatic rings. The van der Waals surface area contributed by atoms with Crippen molar-refractivity contribution in [1.82, 2.24) is 20.1 Å². The van der Waals surface area contributed by atoms with Crippen LogP contribution in [-0.2, 0) is 9.59 Å². The van der Waals surface area contributed by atoms with E-state index in [2.05, 4.69) is 15.4 Å². The molecule has 0 saturated heterocycles. The molecule has 0 fully saturated rings. The first-order chi connectivity index (χ1) is 8.06. The summed E-state index contributed by atoms with van der Waals surface area (Å²) in [6, 6.07) is -0.496. The van der Waals surface area contributed by atoms with E-state index in [1.54, 1.807) is 13.8 Å². The van der Waals surface area contributed by atoms with Crippen LogP contribution in [0.25, 0.3) is 0 Å². The van der Waals surface area contributed by atoms with Gasteiger partial charge < -0.3 is 10.4 Å². The van der Waals surface area contributed by atoms with Gasteiger partial charge in [0.25, 0.3) is 0 Å². The van der Waals surface area contributed by atoms with Crippen molar-refractivity contribution >= 4 is 11.9 Å². The van der Waals surface area contributed by atoms with Gasteiger partial charge in [0.05, 0.1) is 5.92 Å². The number of aromatic nitrogens is 3. The van der Waals surface area contributed by atoms with Gasteiger partial charge in [-0.2, -0.15) is 5.10 Å². The zero-order valence-corrected chi connectivity index (χ0v) is 9.83. The molecule has 0 radical (unpaired) electrons. The lowest BCUT2D eigenvalue weighted by Crippen LogP contribution is -2.36. The Morgan fingerprint density at radius 2 is 2.24 bits per heavy atom. The van der Waals surface area contributed by atoms with Crippen molar-refractivity contribution in [2.75, 3.05) is 6.54 Å². The first-order valence-corrected chi connectivity index (χ1v) is 5.40. The largest absolute Gasteiger partial charge is 0.481 e. The Labute approximate surface area is 98.8 Å². The summed E-state index contributed by atoms with van der Waals surface area (Å²) in [4.78, 5) is 26.2. The molecular weight excluding hydrogens is 224 g/mol. The molecule has 7 nitrogen and oxygen atoms in total. The minimum Gasteiger partial charge on any atom is -0.481 e. The van der Waals surface area contributed by atoms with E-state index in [1.807, 2.05) is 0 Å². The van der Waals surface area contributed by atoms with Gasteiger partial charge in [-0.05, 0) is 13.3 Å². The highest BCUT2D eigenvalue weighted by atomic mass is 16.4. The van der Waals surface area contributed by atoms with Crippen molar-refractivity contribution in [2.24, 2.45) is 5.92 Å². The lowest BCUT2D eigenvalue weighted by atomic mass is 10.1. The van der Waals surface area contributed by atoms with E-state index < -0.39 is 17.9 Å². The third-order valence-corrected chi connectivity index (χ3v) is 2.58. The van der Waals surface area contributed by atoms with E-state index in [0.29, 0.717) is 6.42 Å². The molecule has 0 spiro atoms. The van der Waals surface area contributed by atoms with Crippen LogP contribution in [-0.4, -0.2) is 38.3 Å². The summed E-state index contributed by atoms with van der Waals surface area (Å²) in [5, 5.41) is 15.3. The van der Waals surface area contributed by atoms with E-state index in [1.165, 1.54) is 17.3 Å². The van der Waals surface area contributed by atoms with Crippen LogP contribution in [0.15, 0.2) is 12.7 Å². The average molecular weight is 240 g/mol. The molecule has 7 heteroatoms. The number of aliphatic carboxylic acids is 1. The Hall–Kier alpha value is -1.92. The molecule has 0 aromatic carbocycles.